The lowest BCUT2D eigenvalue weighted by Crippen LogP contribution is -2.29. The molecule has 5 heteroatoms. The summed E-state index contributed by atoms with van der Waals surface area (Å²) >= 11 is 0. The number of furan rings is 1. The van der Waals surface area contributed by atoms with Crippen LogP contribution in [0, 0.1) is 6.92 Å². The molecule has 0 spiro atoms. The van der Waals surface area contributed by atoms with Gasteiger partial charge in [0.25, 0.3) is 11.8 Å². The van der Waals surface area contributed by atoms with Crippen LogP contribution in [0.1, 0.15) is 43.6 Å². The summed E-state index contributed by atoms with van der Waals surface area (Å²) in [5, 5.41) is 5.94. The van der Waals surface area contributed by atoms with Crippen molar-refractivity contribution < 1.29 is 14.0 Å². The van der Waals surface area contributed by atoms with Crippen LogP contribution in [0.4, 0.5) is 5.69 Å². The van der Waals surface area contributed by atoms with Gasteiger partial charge >= 0.3 is 0 Å². The van der Waals surface area contributed by atoms with Gasteiger partial charge in [0.2, 0.25) is 0 Å². The maximum Gasteiger partial charge on any atom is 0.291 e. The van der Waals surface area contributed by atoms with Crippen molar-refractivity contribution in [3.63, 3.8) is 0 Å². The lowest BCUT2D eigenvalue weighted by atomic mass is 9.98. The molecule has 4 rings (SSSR count). The maximum absolute atomic E-state index is 13.1. The van der Waals surface area contributed by atoms with Gasteiger partial charge in [0.1, 0.15) is 0 Å². The van der Waals surface area contributed by atoms with E-state index in [0.29, 0.717) is 11.3 Å². The molecule has 0 saturated heterocycles. The molecule has 31 heavy (non-hydrogen) atoms. The van der Waals surface area contributed by atoms with E-state index in [1.54, 1.807) is 24.3 Å². The minimum atomic E-state index is -0.364. The van der Waals surface area contributed by atoms with Gasteiger partial charge in [0, 0.05) is 11.3 Å². The van der Waals surface area contributed by atoms with Crippen LogP contribution in [-0.2, 0) is 0 Å². The summed E-state index contributed by atoms with van der Waals surface area (Å²) in [7, 11) is 0. The van der Waals surface area contributed by atoms with Crippen LogP contribution in [0.15, 0.2) is 102 Å². The van der Waals surface area contributed by atoms with Crippen LogP contribution in [-0.4, -0.2) is 11.8 Å². The van der Waals surface area contributed by atoms with Gasteiger partial charge in [-0.15, -0.1) is 0 Å². The number of rotatable bonds is 6. The third-order valence-corrected chi connectivity index (χ3v) is 5.03. The first-order chi connectivity index (χ1) is 15.1. The van der Waals surface area contributed by atoms with E-state index in [1.807, 2.05) is 73.7 Å². The predicted molar refractivity (Wildman–Crippen MR) is 120 cm³/mol. The van der Waals surface area contributed by atoms with Gasteiger partial charge in [-0.2, -0.15) is 0 Å². The van der Waals surface area contributed by atoms with E-state index < -0.39 is 0 Å². The number of anilines is 1. The number of benzene rings is 3. The number of hydrogen-bond donors (Lipinski definition) is 2. The Labute approximate surface area is 180 Å². The van der Waals surface area contributed by atoms with Gasteiger partial charge in [-0.1, -0.05) is 66.7 Å². The second-order valence-corrected chi connectivity index (χ2v) is 7.19. The minimum absolute atomic E-state index is 0.211. The third kappa shape index (κ3) is 4.73. The van der Waals surface area contributed by atoms with Crippen LogP contribution in [0.5, 0.6) is 0 Å². The number of nitrogens with one attached hydrogen (secondary N) is 2. The van der Waals surface area contributed by atoms with Crippen molar-refractivity contribution >= 4 is 17.5 Å². The van der Waals surface area contributed by atoms with Gasteiger partial charge < -0.3 is 15.1 Å². The molecule has 2 amide bonds. The molecule has 0 aliphatic rings. The van der Waals surface area contributed by atoms with E-state index in [2.05, 4.69) is 10.6 Å². The first kappa shape index (κ1) is 20.2. The van der Waals surface area contributed by atoms with Crippen molar-refractivity contribution in [2.75, 3.05) is 5.32 Å². The van der Waals surface area contributed by atoms with Crippen molar-refractivity contribution in [3.8, 4) is 0 Å². The van der Waals surface area contributed by atoms with Gasteiger partial charge in [-0.3, -0.25) is 9.59 Å². The Balaban J connectivity index is 1.59. The molecule has 0 fully saturated rings. The van der Waals surface area contributed by atoms with Crippen LogP contribution in [0.2, 0.25) is 0 Å². The van der Waals surface area contributed by atoms with Crippen molar-refractivity contribution in [3.05, 3.63) is 125 Å². The largest absolute Gasteiger partial charge is 0.459 e. The third-order valence-electron chi connectivity index (χ3n) is 5.03. The molecule has 154 valence electrons. The summed E-state index contributed by atoms with van der Waals surface area (Å²) in [6.07, 6.45) is 1.44. The van der Waals surface area contributed by atoms with E-state index in [1.165, 1.54) is 6.26 Å². The fourth-order valence-electron chi connectivity index (χ4n) is 3.35. The molecule has 0 unspecified atom stereocenters. The van der Waals surface area contributed by atoms with Crippen molar-refractivity contribution in [2.24, 2.45) is 0 Å². The summed E-state index contributed by atoms with van der Waals surface area (Å²) < 4.78 is 5.14. The monoisotopic (exact) mass is 410 g/mol. The smallest absolute Gasteiger partial charge is 0.291 e. The molecular formula is C26H22N2O3. The fourth-order valence-corrected chi connectivity index (χ4v) is 3.35. The Morgan fingerprint density at radius 2 is 1.42 bits per heavy atom. The predicted octanol–water partition coefficient (Wildman–Crippen LogP) is 5.36. The van der Waals surface area contributed by atoms with E-state index in [4.69, 9.17) is 4.42 Å². The highest BCUT2D eigenvalue weighted by atomic mass is 16.3. The van der Waals surface area contributed by atoms with Crippen LogP contribution < -0.4 is 10.6 Å². The normalized spacial score (nSPS) is 10.6. The van der Waals surface area contributed by atoms with Crippen LogP contribution in [0.25, 0.3) is 0 Å². The highest BCUT2D eigenvalue weighted by Crippen LogP contribution is 2.24. The molecule has 3 aromatic carbocycles. The molecule has 1 heterocycles. The van der Waals surface area contributed by atoms with E-state index in [-0.39, 0.29) is 23.6 Å². The van der Waals surface area contributed by atoms with Crippen molar-refractivity contribution in [1.29, 1.82) is 0 Å². The van der Waals surface area contributed by atoms with Crippen LogP contribution in [0.3, 0.4) is 0 Å². The maximum atomic E-state index is 13.1. The Bertz CT molecular complexity index is 1130. The zero-order valence-corrected chi connectivity index (χ0v) is 17.0. The zero-order valence-electron chi connectivity index (χ0n) is 17.0. The van der Waals surface area contributed by atoms with Crippen LogP contribution >= 0.6 is 0 Å². The Hall–Kier alpha value is -4.12. The molecule has 1 aromatic heterocycles. The van der Waals surface area contributed by atoms with Crippen molar-refractivity contribution in [1.82, 2.24) is 5.32 Å². The molecule has 0 saturated carbocycles. The average molecular weight is 410 g/mol. The molecule has 0 aliphatic carbocycles. The van der Waals surface area contributed by atoms with Gasteiger partial charge in [-0.25, -0.2) is 0 Å². The van der Waals surface area contributed by atoms with Gasteiger partial charge in [0.05, 0.1) is 12.3 Å². The lowest BCUT2D eigenvalue weighted by Gasteiger charge is -2.20. The van der Waals surface area contributed by atoms with E-state index in [9.17, 15) is 9.59 Å². The molecule has 0 aliphatic heterocycles. The summed E-state index contributed by atoms with van der Waals surface area (Å²) in [6, 6.07) is 27.8. The molecule has 5 nitrogen and oxygen atoms in total. The topological polar surface area (TPSA) is 71.3 Å². The second kappa shape index (κ2) is 9.13. The number of aryl methyl sites for hydroxylation is 1. The highest BCUT2D eigenvalue weighted by Gasteiger charge is 2.19. The average Bonchev–Trinajstić information content (AvgIpc) is 3.35. The highest BCUT2D eigenvalue weighted by molar-refractivity contribution is 6.04. The number of hydrogen-bond acceptors (Lipinski definition) is 3. The summed E-state index contributed by atoms with van der Waals surface area (Å²) in [5.41, 5.74) is 3.84. The second-order valence-electron chi connectivity index (χ2n) is 7.19. The Morgan fingerprint density at radius 1 is 0.774 bits per heavy atom. The van der Waals surface area contributed by atoms with E-state index >= 15 is 0 Å². The summed E-state index contributed by atoms with van der Waals surface area (Å²) in [6.45, 7) is 1.87. The molecule has 2 N–H and O–H groups in total. The lowest BCUT2D eigenvalue weighted by molar-refractivity contribution is 0.0941. The van der Waals surface area contributed by atoms with Crippen molar-refractivity contribution in [2.45, 2.75) is 13.0 Å². The quantitative estimate of drug-likeness (QED) is 0.449. The standard InChI is InChI=1S/C26H22N2O3/c1-18-14-15-21(17-22(18)27-26(30)23-13-8-16-31-23)25(29)28-24(19-9-4-2-5-10-19)20-11-6-3-7-12-20/h2-17,24H,1H3,(H,27,30)(H,28,29). The molecule has 4 aromatic rings. The van der Waals surface area contributed by atoms with Gasteiger partial charge in [-0.05, 0) is 47.9 Å². The first-order valence-electron chi connectivity index (χ1n) is 9.98. The first-order valence-corrected chi connectivity index (χ1v) is 9.98. The summed E-state index contributed by atoms with van der Waals surface area (Å²) in [4.78, 5) is 25.5. The number of amides is 2. The fraction of sp³-hybridized carbons (Fsp3) is 0.0769. The molecular weight excluding hydrogens is 388 g/mol. The zero-order chi connectivity index (χ0) is 21.6. The molecule has 0 radical (unpaired) electrons. The minimum Gasteiger partial charge on any atom is -0.459 e. The van der Waals surface area contributed by atoms with Gasteiger partial charge in [0.15, 0.2) is 5.76 Å². The Morgan fingerprint density at radius 3 is 2.00 bits per heavy atom. The molecule has 0 bridgehead atoms. The Kier molecular flexibility index (Phi) is 5.94. The summed E-state index contributed by atoms with van der Waals surface area (Å²) in [5.74, 6) is -0.384. The SMILES string of the molecule is Cc1ccc(C(=O)NC(c2ccccc2)c2ccccc2)cc1NC(=O)c1ccco1. The number of carbonyl (C=O) groups excluding carboxylic acids is 2. The number of carbonyl (C=O) groups is 2. The molecule has 0 atom stereocenters. The van der Waals surface area contributed by atoms with E-state index in [0.717, 1.165) is 16.7 Å².